The highest BCUT2D eigenvalue weighted by Gasteiger charge is 2.36. The van der Waals surface area contributed by atoms with Gasteiger partial charge in [-0.3, -0.25) is 4.79 Å². The Bertz CT molecular complexity index is 1020. The van der Waals surface area contributed by atoms with Crippen LogP contribution in [-0.4, -0.2) is 20.9 Å². The molecule has 4 rings (SSSR count). The first-order valence-corrected chi connectivity index (χ1v) is 10.2. The monoisotopic (exact) mass is 389 g/mol. The van der Waals surface area contributed by atoms with Crippen LogP contribution in [0.15, 0.2) is 47.0 Å². The molecule has 2 aromatic carbocycles. The second-order valence-electron chi connectivity index (χ2n) is 8.23. The first kappa shape index (κ1) is 19.4. The molecule has 1 aliphatic heterocycles. The van der Waals surface area contributed by atoms with Crippen molar-refractivity contribution < 1.29 is 9.32 Å². The van der Waals surface area contributed by atoms with Gasteiger partial charge in [0.05, 0.1) is 0 Å². The Hall–Kier alpha value is -2.95. The van der Waals surface area contributed by atoms with Gasteiger partial charge >= 0.3 is 0 Å². The van der Waals surface area contributed by atoms with Crippen molar-refractivity contribution in [3.63, 3.8) is 0 Å². The molecule has 5 heteroatoms. The summed E-state index contributed by atoms with van der Waals surface area (Å²) in [5.74, 6) is 1.72. The fraction of sp³-hybridized carbons (Fsp3) is 0.375. The van der Waals surface area contributed by atoms with Crippen LogP contribution in [0.1, 0.15) is 66.8 Å². The molecule has 0 radical (unpaired) electrons. The number of carbonyl (C=O) groups excluding carboxylic acids is 1. The Morgan fingerprint density at radius 1 is 1.10 bits per heavy atom. The molecule has 150 valence electrons. The summed E-state index contributed by atoms with van der Waals surface area (Å²) >= 11 is 0. The minimum Gasteiger partial charge on any atom is -0.337 e. The van der Waals surface area contributed by atoms with E-state index in [1.165, 1.54) is 16.7 Å². The van der Waals surface area contributed by atoms with Gasteiger partial charge in [-0.05, 0) is 54.5 Å². The number of aryl methyl sites for hydroxylation is 2. The minimum absolute atomic E-state index is 0.133. The van der Waals surface area contributed by atoms with E-state index in [1.807, 2.05) is 11.0 Å². The van der Waals surface area contributed by atoms with Crippen molar-refractivity contribution >= 4 is 5.91 Å². The highest BCUT2D eigenvalue weighted by Crippen LogP contribution is 2.34. The van der Waals surface area contributed by atoms with Crippen molar-refractivity contribution in [1.29, 1.82) is 0 Å². The van der Waals surface area contributed by atoms with Crippen LogP contribution < -0.4 is 0 Å². The Labute approximate surface area is 171 Å². The highest BCUT2D eigenvalue weighted by atomic mass is 16.5. The van der Waals surface area contributed by atoms with Crippen LogP contribution in [0, 0.1) is 13.8 Å². The van der Waals surface area contributed by atoms with Gasteiger partial charge in [0, 0.05) is 18.5 Å². The van der Waals surface area contributed by atoms with Crippen LogP contribution in [0.5, 0.6) is 0 Å². The molecule has 1 fully saturated rings. The number of benzene rings is 2. The third-order valence-electron chi connectivity index (χ3n) is 5.82. The van der Waals surface area contributed by atoms with Crippen molar-refractivity contribution in [3.8, 4) is 11.4 Å². The number of hydrogen-bond acceptors (Lipinski definition) is 4. The number of likely N-dealkylation sites (tertiary alicyclic amines) is 1. The van der Waals surface area contributed by atoms with Crippen LogP contribution in [-0.2, 0) is 11.3 Å². The molecular weight excluding hydrogens is 362 g/mol. The fourth-order valence-electron chi connectivity index (χ4n) is 3.76. The van der Waals surface area contributed by atoms with Crippen molar-refractivity contribution in [3.05, 3.63) is 70.6 Å². The van der Waals surface area contributed by atoms with Crippen LogP contribution in [0.2, 0.25) is 0 Å². The van der Waals surface area contributed by atoms with Gasteiger partial charge in [-0.1, -0.05) is 55.4 Å². The maximum Gasteiger partial charge on any atom is 0.249 e. The van der Waals surface area contributed by atoms with E-state index in [4.69, 9.17) is 4.52 Å². The molecule has 29 heavy (non-hydrogen) atoms. The Morgan fingerprint density at radius 3 is 2.55 bits per heavy atom. The summed E-state index contributed by atoms with van der Waals surface area (Å²) in [6.07, 6.45) is 1.22. The molecule has 1 atom stereocenters. The van der Waals surface area contributed by atoms with E-state index in [1.54, 1.807) is 0 Å². The van der Waals surface area contributed by atoms with E-state index < -0.39 is 0 Å². The minimum atomic E-state index is -0.167. The van der Waals surface area contributed by atoms with Crippen molar-refractivity contribution in [1.82, 2.24) is 15.0 Å². The molecule has 3 aromatic rings. The van der Waals surface area contributed by atoms with Crippen LogP contribution in [0.25, 0.3) is 11.4 Å². The number of carbonyl (C=O) groups is 1. The lowest BCUT2D eigenvalue weighted by Gasteiger charge is -2.22. The van der Waals surface area contributed by atoms with E-state index in [2.05, 4.69) is 74.2 Å². The van der Waals surface area contributed by atoms with Gasteiger partial charge < -0.3 is 9.42 Å². The van der Waals surface area contributed by atoms with E-state index in [-0.39, 0.29) is 11.9 Å². The summed E-state index contributed by atoms with van der Waals surface area (Å²) in [4.78, 5) is 19.0. The highest BCUT2D eigenvalue weighted by molar-refractivity contribution is 5.78. The summed E-state index contributed by atoms with van der Waals surface area (Å²) in [5.41, 5.74) is 5.77. The quantitative estimate of drug-likeness (QED) is 0.591. The predicted molar refractivity (Wildman–Crippen MR) is 112 cm³/mol. The summed E-state index contributed by atoms with van der Waals surface area (Å²) in [7, 11) is 0. The maximum absolute atomic E-state index is 12.5. The van der Waals surface area contributed by atoms with Gasteiger partial charge in [0.2, 0.25) is 17.6 Å². The van der Waals surface area contributed by atoms with Gasteiger partial charge in [0.25, 0.3) is 0 Å². The lowest BCUT2D eigenvalue weighted by Crippen LogP contribution is -2.27. The average Bonchev–Trinajstić information content (AvgIpc) is 3.32. The molecule has 1 amide bonds. The standard InChI is InChI=1S/C24H27N3O2/c1-15(2)19-9-6-18(7-10-19)14-27-21(11-12-22(27)28)24-25-23(26-29-24)20-8-5-16(3)17(4)13-20/h5-10,13,15,21H,11-12,14H2,1-4H3. The Morgan fingerprint density at radius 2 is 1.86 bits per heavy atom. The van der Waals surface area contributed by atoms with Crippen LogP contribution >= 0.6 is 0 Å². The van der Waals surface area contributed by atoms with Crippen molar-refractivity contribution in [2.75, 3.05) is 0 Å². The van der Waals surface area contributed by atoms with Gasteiger partial charge in [0.1, 0.15) is 6.04 Å². The van der Waals surface area contributed by atoms with E-state index in [0.29, 0.717) is 37.0 Å². The largest absolute Gasteiger partial charge is 0.337 e. The smallest absolute Gasteiger partial charge is 0.249 e. The Kier molecular flexibility index (Phi) is 5.22. The van der Waals surface area contributed by atoms with Crippen LogP contribution in [0.4, 0.5) is 0 Å². The molecule has 1 aliphatic rings. The summed E-state index contributed by atoms with van der Waals surface area (Å²) in [6.45, 7) is 9.07. The molecule has 0 N–H and O–H groups in total. The number of aromatic nitrogens is 2. The molecule has 0 aliphatic carbocycles. The van der Waals surface area contributed by atoms with Crippen LogP contribution in [0.3, 0.4) is 0 Å². The third kappa shape index (κ3) is 3.95. The molecule has 2 heterocycles. The first-order valence-electron chi connectivity index (χ1n) is 10.2. The molecule has 1 aromatic heterocycles. The molecule has 0 saturated carbocycles. The SMILES string of the molecule is Cc1ccc(-c2noc(C3CCC(=O)N3Cc3ccc(C(C)C)cc3)n2)cc1C. The predicted octanol–water partition coefficient (Wildman–Crippen LogP) is 5.34. The number of hydrogen-bond donors (Lipinski definition) is 0. The van der Waals surface area contributed by atoms with Crippen molar-refractivity contribution in [2.45, 2.75) is 59.0 Å². The topological polar surface area (TPSA) is 59.2 Å². The molecule has 1 unspecified atom stereocenters. The van der Waals surface area contributed by atoms with Gasteiger partial charge in [-0.15, -0.1) is 0 Å². The molecule has 0 bridgehead atoms. The zero-order chi connectivity index (χ0) is 20.5. The number of rotatable bonds is 5. The summed E-state index contributed by atoms with van der Waals surface area (Å²) in [6, 6.07) is 14.5. The lowest BCUT2D eigenvalue weighted by atomic mass is 10.0. The molecule has 0 spiro atoms. The normalized spacial score (nSPS) is 16.8. The molecule has 1 saturated heterocycles. The average molecular weight is 389 g/mol. The summed E-state index contributed by atoms with van der Waals surface area (Å²) < 4.78 is 5.58. The summed E-state index contributed by atoms with van der Waals surface area (Å²) in [5, 5.41) is 4.18. The first-order chi connectivity index (χ1) is 13.9. The zero-order valence-electron chi connectivity index (χ0n) is 17.5. The van der Waals surface area contributed by atoms with Crippen molar-refractivity contribution in [2.24, 2.45) is 0 Å². The van der Waals surface area contributed by atoms with Gasteiger partial charge in [-0.25, -0.2) is 0 Å². The second-order valence-corrected chi connectivity index (χ2v) is 8.23. The lowest BCUT2D eigenvalue weighted by molar-refractivity contribution is -0.129. The van der Waals surface area contributed by atoms with Gasteiger partial charge in [-0.2, -0.15) is 4.98 Å². The number of amides is 1. The van der Waals surface area contributed by atoms with Gasteiger partial charge in [0.15, 0.2) is 0 Å². The van der Waals surface area contributed by atoms with E-state index >= 15 is 0 Å². The zero-order valence-corrected chi connectivity index (χ0v) is 17.5. The van der Waals surface area contributed by atoms with E-state index in [9.17, 15) is 4.79 Å². The third-order valence-corrected chi connectivity index (χ3v) is 5.82. The Balaban J connectivity index is 1.55. The molecular formula is C24H27N3O2. The fourth-order valence-corrected chi connectivity index (χ4v) is 3.76. The maximum atomic E-state index is 12.5. The molecule has 5 nitrogen and oxygen atoms in total. The second kappa shape index (κ2) is 7.82. The van der Waals surface area contributed by atoms with E-state index in [0.717, 1.165) is 11.1 Å². The number of nitrogens with zero attached hydrogens (tertiary/aromatic N) is 3.